The van der Waals surface area contributed by atoms with E-state index >= 15 is 0 Å². The van der Waals surface area contributed by atoms with E-state index in [1.165, 1.54) is 40.9 Å². The molecule has 0 aliphatic heterocycles. The smallest absolute Gasteiger partial charge is 0.303 e. The minimum absolute atomic E-state index is 0.0131. The number of carbonyl (C=O) groups excluding carboxylic acids is 2. The van der Waals surface area contributed by atoms with Gasteiger partial charge in [-0.15, -0.1) is 11.8 Å². The summed E-state index contributed by atoms with van der Waals surface area (Å²) in [5.41, 5.74) is 0.492. The Morgan fingerprint density at radius 3 is 2.50 bits per heavy atom. The largest absolute Gasteiger partial charge is 0.481 e. The lowest BCUT2D eigenvalue weighted by Crippen LogP contribution is -2.34. The second kappa shape index (κ2) is 9.92. The van der Waals surface area contributed by atoms with Crippen LogP contribution in [0.3, 0.4) is 0 Å². The zero-order valence-electron chi connectivity index (χ0n) is 13.6. The molecule has 2 amide bonds. The van der Waals surface area contributed by atoms with Crippen molar-refractivity contribution in [2.45, 2.75) is 25.0 Å². The molecule has 0 aliphatic rings. The van der Waals surface area contributed by atoms with Gasteiger partial charge in [0.1, 0.15) is 5.82 Å². The van der Waals surface area contributed by atoms with E-state index in [0.717, 1.165) is 0 Å². The maximum Gasteiger partial charge on any atom is 0.303 e. The monoisotopic (exact) mass is 356 g/mol. The number of carbonyl (C=O) groups is 3. The van der Waals surface area contributed by atoms with Gasteiger partial charge in [0.15, 0.2) is 0 Å². The number of rotatable bonds is 9. The maximum atomic E-state index is 12.8. The molecule has 6 nitrogen and oxygen atoms in total. The van der Waals surface area contributed by atoms with E-state index in [1.54, 1.807) is 14.0 Å². The minimum Gasteiger partial charge on any atom is -0.481 e. The number of aliphatic carboxylic acids is 1. The van der Waals surface area contributed by atoms with Gasteiger partial charge in [-0.3, -0.25) is 14.4 Å². The molecule has 0 fully saturated rings. The average molecular weight is 356 g/mol. The van der Waals surface area contributed by atoms with Crippen LogP contribution in [-0.4, -0.2) is 52.4 Å². The van der Waals surface area contributed by atoms with Crippen LogP contribution in [0.15, 0.2) is 24.3 Å². The number of nitrogens with one attached hydrogen (secondary N) is 1. The molecule has 1 atom stereocenters. The van der Waals surface area contributed by atoms with Crippen LogP contribution in [0.5, 0.6) is 0 Å². The van der Waals surface area contributed by atoms with Gasteiger partial charge in [-0.1, -0.05) is 0 Å². The summed E-state index contributed by atoms with van der Waals surface area (Å²) in [5.74, 6) is -1.62. The highest BCUT2D eigenvalue weighted by Gasteiger charge is 2.19. The predicted molar refractivity (Wildman–Crippen MR) is 91.5 cm³/mol. The summed E-state index contributed by atoms with van der Waals surface area (Å²) in [4.78, 5) is 35.9. The summed E-state index contributed by atoms with van der Waals surface area (Å²) in [6.07, 6.45) is 0.402. The molecule has 0 radical (unpaired) electrons. The Hall–Kier alpha value is -2.09. The van der Waals surface area contributed by atoms with Crippen LogP contribution < -0.4 is 5.32 Å². The Morgan fingerprint density at radius 1 is 1.29 bits per heavy atom. The Balaban J connectivity index is 2.34. The van der Waals surface area contributed by atoms with Crippen molar-refractivity contribution in [3.63, 3.8) is 0 Å². The Morgan fingerprint density at radius 2 is 1.92 bits per heavy atom. The second-order valence-electron chi connectivity index (χ2n) is 5.27. The predicted octanol–water partition coefficient (Wildman–Crippen LogP) is 2.21. The molecule has 132 valence electrons. The average Bonchev–Trinajstić information content (AvgIpc) is 2.53. The van der Waals surface area contributed by atoms with Gasteiger partial charge in [0.2, 0.25) is 11.8 Å². The van der Waals surface area contributed by atoms with Crippen molar-refractivity contribution in [3.8, 4) is 0 Å². The quantitative estimate of drug-likeness (QED) is 0.708. The molecule has 0 aliphatic carbocycles. The number of amides is 2. The molecular formula is C16H21FN2O4S. The normalized spacial score (nSPS) is 11.6. The maximum absolute atomic E-state index is 12.8. The number of carboxylic acid groups (broad SMARTS) is 1. The van der Waals surface area contributed by atoms with E-state index in [1.807, 2.05) is 0 Å². The lowest BCUT2D eigenvalue weighted by atomic mass is 10.3. The minimum atomic E-state index is -0.893. The van der Waals surface area contributed by atoms with Crippen LogP contribution in [0.25, 0.3) is 0 Å². The molecule has 0 heterocycles. The molecular weight excluding hydrogens is 335 g/mol. The standard InChI is InChI=1S/C16H21FN2O4S/c1-11(16(23)19(2)9-3-4-15(21)22)24-10-14(20)18-13-7-5-12(17)6-8-13/h5-8,11H,3-4,9-10H2,1-2H3,(H,18,20)(H,21,22). The fourth-order valence-electron chi connectivity index (χ4n) is 1.89. The number of carboxylic acids is 1. The Kier molecular flexibility index (Phi) is 8.25. The number of anilines is 1. The van der Waals surface area contributed by atoms with Crippen molar-refractivity contribution < 1.29 is 23.9 Å². The van der Waals surface area contributed by atoms with Crippen LogP contribution >= 0.6 is 11.8 Å². The Labute approximate surface area is 144 Å². The van der Waals surface area contributed by atoms with Gasteiger partial charge >= 0.3 is 5.97 Å². The summed E-state index contributed by atoms with van der Waals surface area (Å²) in [7, 11) is 1.61. The van der Waals surface area contributed by atoms with Crippen molar-refractivity contribution in [3.05, 3.63) is 30.1 Å². The topological polar surface area (TPSA) is 86.7 Å². The molecule has 0 saturated heterocycles. The van der Waals surface area contributed by atoms with E-state index < -0.39 is 11.2 Å². The molecule has 1 unspecified atom stereocenters. The molecule has 8 heteroatoms. The highest BCUT2D eigenvalue weighted by atomic mass is 32.2. The highest BCUT2D eigenvalue weighted by Crippen LogP contribution is 2.15. The van der Waals surface area contributed by atoms with E-state index in [2.05, 4.69) is 5.32 Å². The van der Waals surface area contributed by atoms with Crippen molar-refractivity contribution in [1.82, 2.24) is 4.90 Å². The van der Waals surface area contributed by atoms with Gasteiger partial charge in [-0.25, -0.2) is 4.39 Å². The summed E-state index contributed by atoms with van der Waals surface area (Å²) in [5, 5.41) is 10.8. The lowest BCUT2D eigenvalue weighted by molar-refractivity contribution is -0.138. The second-order valence-corrected chi connectivity index (χ2v) is 6.59. The zero-order valence-corrected chi connectivity index (χ0v) is 14.4. The number of hydrogen-bond donors (Lipinski definition) is 2. The Bertz CT molecular complexity index is 580. The third kappa shape index (κ3) is 7.45. The van der Waals surface area contributed by atoms with Crippen molar-refractivity contribution in [2.24, 2.45) is 0 Å². The molecule has 1 aromatic carbocycles. The fraction of sp³-hybridized carbons (Fsp3) is 0.438. The molecule has 1 aromatic rings. The molecule has 0 saturated carbocycles. The van der Waals surface area contributed by atoms with Crippen molar-refractivity contribution in [1.29, 1.82) is 0 Å². The zero-order chi connectivity index (χ0) is 18.1. The summed E-state index contributed by atoms with van der Waals surface area (Å²) < 4.78 is 12.8. The number of nitrogens with zero attached hydrogens (tertiary/aromatic N) is 1. The van der Waals surface area contributed by atoms with Gasteiger partial charge in [0.05, 0.1) is 11.0 Å². The van der Waals surface area contributed by atoms with Crippen LogP contribution in [0.2, 0.25) is 0 Å². The first-order valence-corrected chi connectivity index (χ1v) is 8.48. The molecule has 1 rings (SSSR count). The van der Waals surface area contributed by atoms with Gasteiger partial charge in [-0.2, -0.15) is 0 Å². The van der Waals surface area contributed by atoms with E-state index in [-0.39, 0.29) is 29.8 Å². The molecule has 0 spiro atoms. The number of thioether (sulfide) groups is 1. The van der Waals surface area contributed by atoms with Gasteiger partial charge in [0.25, 0.3) is 0 Å². The summed E-state index contributed by atoms with van der Waals surface area (Å²) >= 11 is 1.19. The first kappa shape index (κ1) is 20.0. The summed E-state index contributed by atoms with van der Waals surface area (Å²) in [6, 6.07) is 5.42. The molecule has 2 N–H and O–H groups in total. The molecule has 0 bridgehead atoms. The number of halogens is 1. The lowest BCUT2D eigenvalue weighted by Gasteiger charge is -2.20. The van der Waals surface area contributed by atoms with E-state index in [4.69, 9.17) is 5.11 Å². The van der Waals surface area contributed by atoms with Gasteiger partial charge < -0.3 is 15.3 Å². The van der Waals surface area contributed by atoms with Gasteiger partial charge in [-0.05, 0) is 37.6 Å². The summed E-state index contributed by atoms with van der Waals surface area (Å²) in [6.45, 7) is 2.06. The van der Waals surface area contributed by atoms with Gasteiger partial charge in [0, 0.05) is 25.7 Å². The van der Waals surface area contributed by atoms with Crippen molar-refractivity contribution >= 4 is 35.2 Å². The van der Waals surface area contributed by atoms with Crippen LogP contribution in [0.1, 0.15) is 19.8 Å². The SMILES string of the molecule is CC(SCC(=O)Nc1ccc(F)cc1)C(=O)N(C)CCCC(=O)O. The van der Waals surface area contributed by atoms with Crippen LogP contribution in [0.4, 0.5) is 10.1 Å². The van der Waals surface area contributed by atoms with E-state index in [0.29, 0.717) is 18.7 Å². The van der Waals surface area contributed by atoms with Crippen LogP contribution in [-0.2, 0) is 14.4 Å². The number of benzene rings is 1. The first-order valence-electron chi connectivity index (χ1n) is 7.43. The highest BCUT2D eigenvalue weighted by molar-refractivity contribution is 8.01. The number of hydrogen-bond acceptors (Lipinski definition) is 4. The van der Waals surface area contributed by atoms with Crippen molar-refractivity contribution in [2.75, 3.05) is 24.7 Å². The van der Waals surface area contributed by atoms with E-state index in [9.17, 15) is 18.8 Å². The molecule has 24 heavy (non-hydrogen) atoms. The van der Waals surface area contributed by atoms with Crippen LogP contribution in [0, 0.1) is 5.82 Å². The molecule has 0 aromatic heterocycles. The third-order valence-corrected chi connectivity index (χ3v) is 4.33. The fourth-order valence-corrected chi connectivity index (χ4v) is 2.69. The first-order chi connectivity index (χ1) is 11.3. The third-order valence-electron chi connectivity index (χ3n) is 3.20.